The van der Waals surface area contributed by atoms with Gasteiger partial charge in [0.05, 0.1) is 17.1 Å². The number of nitrogens with one attached hydrogen (secondary N) is 3. The lowest BCUT2D eigenvalue weighted by molar-refractivity contribution is -0.132. The van der Waals surface area contributed by atoms with Crippen molar-refractivity contribution in [2.75, 3.05) is 25.0 Å². The number of anilines is 1. The molecule has 0 bridgehead atoms. The molecule has 0 aliphatic carbocycles. The number of hydrogen-bond acceptors (Lipinski definition) is 3. The molecule has 0 saturated heterocycles. The van der Waals surface area contributed by atoms with Crippen molar-refractivity contribution in [1.82, 2.24) is 10.6 Å². The van der Waals surface area contributed by atoms with Crippen molar-refractivity contribution in [2.24, 2.45) is 0 Å². The molecule has 3 rings (SSSR count). The molecule has 0 spiro atoms. The molecule has 29 heavy (non-hydrogen) atoms. The fraction of sp³-hybridized carbons (Fsp3) is 0.381. The molecule has 2 aromatic carbocycles. The molecule has 3 N–H and O–H groups in total. The third kappa shape index (κ3) is 6.11. The highest BCUT2D eigenvalue weighted by molar-refractivity contribution is 6.33. The van der Waals surface area contributed by atoms with Gasteiger partial charge in [-0.2, -0.15) is 13.2 Å². The van der Waals surface area contributed by atoms with Gasteiger partial charge >= 0.3 is 6.18 Å². The zero-order valence-corrected chi connectivity index (χ0v) is 16.6. The first-order valence-corrected chi connectivity index (χ1v) is 9.90. The van der Waals surface area contributed by atoms with Crippen molar-refractivity contribution >= 4 is 23.2 Å². The fourth-order valence-electron chi connectivity index (χ4n) is 3.32. The highest BCUT2D eigenvalue weighted by Gasteiger charge is 2.26. The van der Waals surface area contributed by atoms with Crippen LogP contribution in [0.2, 0.25) is 5.02 Å². The molecule has 1 heterocycles. The summed E-state index contributed by atoms with van der Waals surface area (Å²) in [6, 6.07) is 10.8. The summed E-state index contributed by atoms with van der Waals surface area (Å²) in [5, 5.41) is 9.74. The Bertz CT molecular complexity index is 853. The van der Waals surface area contributed by atoms with E-state index in [1.165, 1.54) is 11.1 Å². The third-order valence-electron chi connectivity index (χ3n) is 4.86. The van der Waals surface area contributed by atoms with Crippen LogP contribution in [0.3, 0.4) is 0 Å². The highest BCUT2D eigenvalue weighted by atomic mass is 35.5. The largest absolute Gasteiger partial charge is 0.390 e. The summed E-state index contributed by atoms with van der Waals surface area (Å²) in [5.41, 5.74) is 4.71. The lowest BCUT2D eigenvalue weighted by Gasteiger charge is -2.16. The van der Waals surface area contributed by atoms with Gasteiger partial charge in [-0.25, -0.2) is 0 Å². The van der Waals surface area contributed by atoms with Crippen molar-refractivity contribution in [2.45, 2.75) is 32.0 Å². The van der Waals surface area contributed by atoms with Gasteiger partial charge < -0.3 is 16.0 Å². The van der Waals surface area contributed by atoms with Crippen molar-refractivity contribution in [1.29, 1.82) is 0 Å². The fourth-order valence-corrected chi connectivity index (χ4v) is 3.56. The van der Waals surface area contributed by atoms with Crippen molar-refractivity contribution < 1.29 is 18.0 Å². The smallest absolute Gasteiger partial charge is 0.380 e. The van der Waals surface area contributed by atoms with Gasteiger partial charge in [-0.05, 0) is 60.8 Å². The Labute approximate surface area is 172 Å². The summed E-state index contributed by atoms with van der Waals surface area (Å²) in [4.78, 5) is 11.9. The van der Waals surface area contributed by atoms with Crippen LogP contribution in [0.1, 0.15) is 33.5 Å². The molecular weight excluding hydrogens is 403 g/mol. The van der Waals surface area contributed by atoms with E-state index in [0.29, 0.717) is 17.1 Å². The monoisotopic (exact) mass is 425 g/mol. The van der Waals surface area contributed by atoms with Gasteiger partial charge in [0.15, 0.2) is 0 Å². The van der Waals surface area contributed by atoms with Gasteiger partial charge in [0.1, 0.15) is 0 Å². The third-order valence-corrected chi connectivity index (χ3v) is 5.18. The molecule has 2 aromatic rings. The minimum atomic E-state index is -4.28. The Morgan fingerprint density at radius 1 is 1.07 bits per heavy atom. The van der Waals surface area contributed by atoms with Gasteiger partial charge in [0.25, 0.3) is 5.91 Å². The maximum atomic E-state index is 12.2. The molecule has 0 aromatic heterocycles. The lowest BCUT2D eigenvalue weighted by Crippen LogP contribution is -2.27. The van der Waals surface area contributed by atoms with E-state index in [1.807, 2.05) is 6.07 Å². The summed E-state index contributed by atoms with van der Waals surface area (Å²) in [6.45, 7) is 1.94. The van der Waals surface area contributed by atoms with E-state index in [4.69, 9.17) is 11.6 Å². The second kappa shape index (κ2) is 9.50. The number of benzene rings is 2. The molecule has 1 amide bonds. The lowest BCUT2D eigenvalue weighted by atomic mass is 10.0. The van der Waals surface area contributed by atoms with Crippen molar-refractivity contribution in [3.8, 4) is 0 Å². The molecule has 0 radical (unpaired) electrons. The quantitative estimate of drug-likeness (QED) is 0.646. The number of amides is 1. The second-order valence-electron chi connectivity index (χ2n) is 6.98. The molecule has 4 nitrogen and oxygen atoms in total. The first-order valence-electron chi connectivity index (χ1n) is 9.52. The molecular formula is C21H23ClF3N3O. The minimum Gasteiger partial charge on any atom is -0.380 e. The molecule has 0 fully saturated rings. The van der Waals surface area contributed by atoms with E-state index < -0.39 is 25.0 Å². The van der Waals surface area contributed by atoms with Gasteiger partial charge in [-0.15, -0.1) is 0 Å². The van der Waals surface area contributed by atoms with Crippen LogP contribution < -0.4 is 16.0 Å². The average molecular weight is 426 g/mol. The number of alkyl halides is 3. The number of rotatable bonds is 6. The van der Waals surface area contributed by atoms with E-state index >= 15 is 0 Å². The zero-order valence-electron chi connectivity index (χ0n) is 15.8. The summed E-state index contributed by atoms with van der Waals surface area (Å²) < 4.78 is 36.5. The molecule has 0 atom stereocenters. The number of hydrogen-bond donors (Lipinski definition) is 3. The molecule has 156 valence electrons. The number of carbonyl (C=O) groups is 1. The van der Waals surface area contributed by atoms with Crippen molar-refractivity contribution in [3.63, 3.8) is 0 Å². The van der Waals surface area contributed by atoms with Crippen LogP contribution in [0.25, 0.3) is 0 Å². The van der Waals surface area contributed by atoms with Crippen LogP contribution in [0, 0.1) is 0 Å². The predicted octanol–water partition coefficient (Wildman–Crippen LogP) is 4.32. The Hall–Kier alpha value is -2.25. The number of fused-ring (bicyclic) bond motifs is 1. The standard InChI is InChI=1S/C21H23ClF3N3O/c22-18-6-5-15-7-10-26-11-8-17(15)19(18)28-13-14-1-3-16(4-2-14)20(29)27-12-9-21(23,24)25/h1-6,26,28H,7-13H2,(H,27,29). The second-order valence-corrected chi connectivity index (χ2v) is 7.39. The maximum Gasteiger partial charge on any atom is 0.390 e. The Kier molecular flexibility index (Phi) is 7.03. The number of halogens is 4. The van der Waals surface area contributed by atoms with Gasteiger partial charge in [0.2, 0.25) is 0 Å². The highest BCUT2D eigenvalue weighted by Crippen LogP contribution is 2.31. The Balaban J connectivity index is 1.60. The first kappa shape index (κ1) is 21.5. The zero-order chi connectivity index (χ0) is 20.9. The Morgan fingerprint density at radius 3 is 2.52 bits per heavy atom. The van der Waals surface area contributed by atoms with E-state index in [2.05, 4.69) is 22.0 Å². The maximum absolute atomic E-state index is 12.2. The van der Waals surface area contributed by atoms with E-state index in [1.54, 1.807) is 24.3 Å². The predicted molar refractivity (Wildman–Crippen MR) is 109 cm³/mol. The van der Waals surface area contributed by atoms with Gasteiger partial charge in [0, 0.05) is 18.7 Å². The van der Waals surface area contributed by atoms with Crippen LogP contribution in [0.5, 0.6) is 0 Å². The molecule has 8 heteroatoms. The normalized spacial score (nSPS) is 14.1. The van der Waals surface area contributed by atoms with E-state index in [9.17, 15) is 18.0 Å². The van der Waals surface area contributed by atoms with Crippen LogP contribution >= 0.6 is 11.6 Å². The molecule has 0 unspecified atom stereocenters. The van der Waals surface area contributed by atoms with E-state index in [-0.39, 0.29) is 0 Å². The summed E-state index contributed by atoms with van der Waals surface area (Å²) >= 11 is 6.41. The summed E-state index contributed by atoms with van der Waals surface area (Å²) in [6.07, 6.45) is -3.47. The SMILES string of the molecule is O=C(NCCC(F)(F)F)c1ccc(CNc2c(Cl)ccc3c2CCNCC3)cc1. The first-order chi connectivity index (χ1) is 13.8. The molecule has 1 aliphatic rings. The topological polar surface area (TPSA) is 53.2 Å². The molecule has 1 aliphatic heterocycles. The van der Waals surface area contributed by atoms with Gasteiger partial charge in [-0.3, -0.25) is 4.79 Å². The average Bonchev–Trinajstić information content (AvgIpc) is 2.92. The summed E-state index contributed by atoms with van der Waals surface area (Å²) in [5.74, 6) is -0.516. The summed E-state index contributed by atoms with van der Waals surface area (Å²) in [7, 11) is 0. The minimum absolute atomic E-state index is 0.327. The van der Waals surface area contributed by atoms with Crippen LogP contribution in [-0.4, -0.2) is 31.7 Å². The van der Waals surface area contributed by atoms with E-state index in [0.717, 1.165) is 37.2 Å². The van der Waals surface area contributed by atoms with Crippen molar-refractivity contribution in [3.05, 3.63) is 63.7 Å². The Morgan fingerprint density at radius 2 is 1.79 bits per heavy atom. The van der Waals surface area contributed by atoms with Gasteiger partial charge in [-0.1, -0.05) is 29.8 Å². The van der Waals surface area contributed by atoms with Crippen LogP contribution in [0.4, 0.5) is 18.9 Å². The molecule has 0 saturated carbocycles. The van der Waals surface area contributed by atoms with Crippen LogP contribution in [-0.2, 0) is 19.4 Å². The van der Waals surface area contributed by atoms with Crippen LogP contribution in [0.15, 0.2) is 36.4 Å². The number of carbonyl (C=O) groups excluding carboxylic acids is 1.